The molecule has 2 heterocycles. The molecule has 8 heteroatoms. The van der Waals surface area contributed by atoms with E-state index in [0.29, 0.717) is 31.2 Å². The summed E-state index contributed by atoms with van der Waals surface area (Å²) in [6, 6.07) is 5.81. The molecule has 0 radical (unpaired) electrons. The van der Waals surface area contributed by atoms with Crippen LogP contribution in [0.15, 0.2) is 23.4 Å². The zero-order chi connectivity index (χ0) is 18.0. The Balaban J connectivity index is 1.96. The van der Waals surface area contributed by atoms with Crippen LogP contribution in [0.2, 0.25) is 0 Å². The number of nitrogens with two attached hydrogens (primary N) is 1. The van der Waals surface area contributed by atoms with Gasteiger partial charge in [-0.25, -0.2) is 0 Å². The van der Waals surface area contributed by atoms with E-state index in [4.69, 9.17) is 20.7 Å². The Morgan fingerprint density at radius 2 is 2.08 bits per heavy atom. The third-order valence-corrected chi connectivity index (χ3v) is 4.37. The van der Waals surface area contributed by atoms with Gasteiger partial charge in [0.2, 0.25) is 6.10 Å². The third kappa shape index (κ3) is 3.58. The molecule has 0 aromatic heterocycles. The largest absolute Gasteiger partial charge is 0.382 e. The minimum atomic E-state index is -0.715. The lowest BCUT2D eigenvalue weighted by atomic mass is 9.99. The Morgan fingerprint density at radius 1 is 1.36 bits per heavy atom. The topological polar surface area (TPSA) is 104 Å². The van der Waals surface area contributed by atoms with Crippen LogP contribution in [0, 0.1) is 5.41 Å². The van der Waals surface area contributed by atoms with Gasteiger partial charge in [-0.05, 0) is 6.07 Å². The number of carbonyl (C=O) groups excluding carboxylic acids is 1. The molecule has 3 N–H and O–H groups in total. The van der Waals surface area contributed by atoms with Crippen LogP contribution < -0.4 is 10.6 Å². The van der Waals surface area contributed by atoms with Crippen LogP contribution in [0.3, 0.4) is 0 Å². The first-order chi connectivity index (χ1) is 12.0. The zero-order valence-corrected chi connectivity index (χ0v) is 14.5. The van der Waals surface area contributed by atoms with E-state index in [1.807, 2.05) is 32.3 Å². The van der Waals surface area contributed by atoms with Crippen LogP contribution >= 0.6 is 0 Å². The van der Waals surface area contributed by atoms with Crippen molar-refractivity contribution in [3.05, 3.63) is 29.3 Å². The van der Waals surface area contributed by atoms with E-state index < -0.39 is 12.0 Å². The van der Waals surface area contributed by atoms with E-state index in [-0.39, 0.29) is 0 Å². The summed E-state index contributed by atoms with van der Waals surface area (Å²) < 4.78 is 5.44. The molecule has 1 saturated heterocycles. The molecule has 0 bridgehead atoms. The number of rotatable bonds is 4. The second kappa shape index (κ2) is 7.10. The van der Waals surface area contributed by atoms with Gasteiger partial charge < -0.3 is 25.1 Å². The highest BCUT2D eigenvalue weighted by Gasteiger charge is 2.29. The lowest BCUT2D eigenvalue weighted by Crippen LogP contribution is -2.37. The predicted octanol–water partition coefficient (Wildman–Crippen LogP) is 0.388. The van der Waals surface area contributed by atoms with E-state index >= 15 is 0 Å². The molecule has 3 rings (SSSR count). The number of primary amides is 1. The lowest BCUT2D eigenvalue weighted by molar-refractivity contribution is -0.127. The zero-order valence-electron chi connectivity index (χ0n) is 14.5. The Bertz CT molecular complexity index is 710. The number of nitrogens with zero attached hydrogens (tertiary/aromatic N) is 3. The SMILES string of the molecule is CN(C)C(=N)c1ccc(C2=NOC(C(N)=O)C2)c(N2CCOCC2)c1. The molecule has 1 unspecified atom stereocenters. The normalized spacial score (nSPS) is 20.0. The van der Waals surface area contributed by atoms with E-state index in [0.717, 1.165) is 29.9 Å². The van der Waals surface area contributed by atoms with E-state index in [1.165, 1.54) is 0 Å². The van der Waals surface area contributed by atoms with E-state index in [1.54, 1.807) is 4.90 Å². The van der Waals surface area contributed by atoms with Crippen LogP contribution in [-0.2, 0) is 14.4 Å². The molecule has 1 aromatic rings. The van der Waals surface area contributed by atoms with Gasteiger partial charge in [0.15, 0.2) is 0 Å². The van der Waals surface area contributed by atoms with Gasteiger partial charge in [0.1, 0.15) is 5.84 Å². The van der Waals surface area contributed by atoms with Crippen molar-refractivity contribution < 1.29 is 14.4 Å². The van der Waals surface area contributed by atoms with Crippen molar-refractivity contribution in [2.75, 3.05) is 45.3 Å². The summed E-state index contributed by atoms with van der Waals surface area (Å²) in [6.45, 7) is 2.83. The Morgan fingerprint density at radius 3 is 2.68 bits per heavy atom. The third-order valence-electron chi connectivity index (χ3n) is 4.37. The van der Waals surface area contributed by atoms with Crippen molar-refractivity contribution in [2.24, 2.45) is 10.9 Å². The Hall–Kier alpha value is -2.61. The number of hydrogen-bond acceptors (Lipinski definition) is 6. The predicted molar refractivity (Wildman–Crippen MR) is 95.2 cm³/mol. The van der Waals surface area contributed by atoms with Crippen molar-refractivity contribution in [2.45, 2.75) is 12.5 Å². The second-order valence-electron chi connectivity index (χ2n) is 6.31. The average molecular weight is 345 g/mol. The van der Waals surface area contributed by atoms with E-state index in [9.17, 15) is 4.79 Å². The van der Waals surface area contributed by atoms with Crippen molar-refractivity contribution in [1.29, 1.82) is 5.41 Å². The minimum Gasteiger partial charge on any atom is -0.382 e. The highest BCUT2D eigenvalue weighted by molar-refractivity contribution is 6.09. The molecule has 1 aromatic carbocycles. The van der Waals surface area contributed by atoms with Crippen molar-refractivity contribution >= 4 is 23.1 Å². The van der Waals surface area contributed by atoms with Gasteiger partial charge in [-0.2, -0.15) is 0 Å². The van der Waals surface area contributed by atoms with Crippen LogP contribution in [-0.4, -0.2) is 68.9 Å². The number of anilines is 1. The van der Waals surface area contributed by atoms with Crippen LogP contribution in [0.25, 0.3) is 0 Å². The number of amides is 1. The first-order valence-electron chi connectivity index (χ1n) is 8.22. The molecule has 1 atom stereocenters. The number of oxime groups is 1. The highest BCUT2D eigenvalue weighted by atomic mass is 16.6. The summed E-state index contributed by atoms with van der Waals surface area (Å²) in [7, 11) is 3.69. The van der Waals surface area contributed by atoms with Gasteiger partial charge in [0, 0.05) is 50.4 Å². The summed E-state index contributed by atoms with van der Waals surface area (Å²) in [6.07, 6.45) is -0.357. The number of hydrogen-bond donors (Lipinski definition) is 2. The first kappa shape index (κ1) is 17.2. The van der Waals surface area contributed by atoms with Gasteiger partial charge >= 0.3 is 0 Å². The standard InChI is InChI=1S/C17H23N5O3/c1-21(2)16(18)11-3-4-12(13-10-15(17(19)23)25-20-13)14(9-11)22-5-7-24-8-6-22/h3-4,9,15,18H,5-8,10H2,1-2H3,(H2,19,23). The number of amidine groups is 1. The Kier molecular flexibility index (Phi) is 4.89. The summed E-state index contributed by atoms with van der Waals surface area (Å²) in [5.41, 5.74) is 8.72. The molecule has 2 aliphatic rings. The van der Waals surface area contributed by atoms with Crippen molar-refractivity contribution in [3.63, 3.8) is 0 Å². The Labute approximate surface area is 146 Å². The first-order valence-corrected chi connectivity index (χ1v) is 8.22. The maximum absolute atomic E-state index is 11.3. The van der Waals surface area contributed by atoms with Crippen LogP contribution in [0.4, 0.5) is 5.69 Å². The van der Waals surface area contributed by atoms with E-state index in [2.05, 4.69) is 10.1 Å². The molecule has 0 saturated carbocycles. The number of ether oxygens (including phenoxy) is 1. The highest BCUT2D eigenvalue weighted by Crippen LogP contribution is 2.28. The number of nitrogens with one attached hydrogen (secondary N) is 1. The molecule has 0 spiro atoms. The van der Waals surface area contributed by atoms with Gasteiger partial charge in [-0.3, -0.25) is 10.2 Å². The average Bonchev–Trinajstić information content (AvgIpc) is 3.11. The fraction of sp³-hybridized carbons (Fsp3) is 0.471. The van der Waals surface area contributed by atoms with Crippen LogP contribution in [0.1, 0.15) is 17.5 Å². The maximum Gasteiger partial charge on any atom is 0.261 e. The number of morpholine rings is 1. The second-order valence-corrected chi connectivity index (χ2v) is 6.31. The molecule has 1 fully saturated rings. The lowest BCUT2D eigenvalue weighted by Gasteiger charge is -2.31. The summed E-state index contributed by atoms with van der Waals surface area (Å²) in [5, 5.41) is 12.3. The van der Waals surface area contributed by atoms with Crippen molar-refractivity contribution in [3.8, 4) is 0 Å². The van der Waals surface area contributed by atoms with Gasteiger partial charge in [0.05, 0.1) is 18.9 Å². The van der Waals surface area contributed by atoms with Gasteiger partial charge in [-0.15, -0.1) is 0 Å². The smallest absolute Gasteiger partial charge is 0.261 e. The maximum atomic E-state index is 11.3. The fourth-order valence-electron chi connectivity index (χ4n) is 2.94. The van der Waals surface area contributed by atoms with Crippen molar-refractivity contribution in [1.82, 2.24) is 4.90 Å². The van der Waals surface area contributed by atoms with Crippen LogP contribution in [0.5, 0.6) is 0 Å². The number of carbonyl (C=O) groups is 1. The molecule has 1 amide bonds. The summed E-state index contributed by atoms with van der Waals surface area (Å²) >= 11 is 0. The molecular formula is C17H23N5O3. The minimum absolute atomic E-state index is 0.358. The molecule has 2 aliphatic heterocycles. The molecule has 134 valence electrons. The summed E-state index contributed by atoms with van der Waals surface area (Å²) in [4.78, 5) is 20.5. The monoisotopic (exact) mass is 345 g/mol. The fourth-order valence-corrected chi connectivity index (χ4v) is 2.94. The summed E-state index contributed by atoms with van der Waals surface area (Å²) in [5.74, 6) is -0.0849. The van der Waals surface area contributed by atoms with Gasteiger partial charge in [-0.1, -0.05) is 17.3 Å². The quantitative estimate of drug-likeness (QED) is 0.607. The molecule has 25 heavy (non-hydrogen) atoms. The molecule has 8 nitrogen and oxygen atoms in total. The van der Waals surface area contributed by atoms with Gasteiger partial charge in [0.25, 0.3) is 5.91 Å². The molecular weight excluding hydrogens is 322 g/mol. The number of benzene rings is 1. The molecule has 0 aliphatic carbocycles.